The minimum atomic E-state index is -3.04. The summed E-state index contributed by atoms with van der Waals surface area (Å²) in [6.45, 7) is 7.77. The molecule has 0 radical (unpaired) electrons. The highest BCUT2D eigenvalue weighted by molar-refractivity contribution is 7.91. The van der Waals surface area contributed by atoms with Crippen molar-refractivity contribution < 1.29 is 8.42 Å². The number of rotatable bonds is 4. The summed E-state index contributed by atoms with van der Waals surface area (Å²) in [7, 11) is -1.03. The number of likely N-dealkylation sites (N-methyl/N-ethyl adjacent to an activating group) is 1. The smallest absolute Gasteiger partial charge is 0.152 e. The third-order valence-electron chi connectivity index (χ3n) is 4.02. The number of nitrogens with zero attached hydrogens (tertiary/aromatic N) is 1. The van der Waals surface area contributed by atoms with Crippen LogP contribution in [-0.4, -0.2) is 50.5 Å². The largest absolute Gasteiger partial charge is 0.329 e. The molecule has 0 heterocycles. The van der Waals surface area contributed by atoms with Crippen molar-refractivity contribution in [3.63, 3.8) is 0 Å². The Kier molecular flexibility index (Phi) is 4.51. The molecule has 108 valence electrons. The highest BCUT2D eigenvalue weighted by Crippen LogP contribution is 2.39. The van der Waals surface area contributed by atoms with Gasteiger partial charge < -0.3 is 5.73 Å². The van der Waals surface area contributed by atoms with Gasteiger partial charge in [0.25, 0.3) is 0 Å². The molecule has 1 fully saturated rings. The van der Waals surface area contributed by atoms with Gasteiger partial charge in [0.1, 0.15) is 0 Å². The summed E-state index contributed by atoms with van der Waals surface area (Å²) in [6, 6.07) is 0. The van der Waals surface area contributed by atoms with Crippen LogP contribution in [0.15, 0.2) is 0 Å². The number of nitrogens with two attached hydrogens (primary N) is 1. The fraction of sp³-hybridized carbons (Fsp3) is 1.00. The molecule has 0 aromatic carbocycles. The standard InChI is InChI=1S/C13H28N2O2S/c1-12(2,3)10-15(4)13(9-14)8-6-7-11(13)18(5,16)17/h11H,6-10,14H2,1-5H3. The highest BCUT2D eigenvalue weighted by Gasteiger charge is 2.50. The molecule has 1 saturated carbocycles. The lowest BCUT2D eigenvalue weighted by Gasteiger charge is -2.44. The van der Waals surface area contributed by atoms with Crippen molar-refractivity contribution in [1.29, 1.82) is 0 Å². The van der Waals surface area contributed by atoms with E-state index in [2.05, 4.69) is 25.7 Å². The third kappa shape index (κ3) is 3.25. The fourth-order valence-electron chi connectivity index (χ4n) is 3.33. The summed E-state index contributed by atoms with van der Waals surface area (Å²) in [6.07, 6.45) is 3.92. The van der Waals surface area contributed by atoms with Crippen molar-refractivity contribution in [2.24, 2.45) is 11.1 Å². The quantitative estimate of drug-likeness (QED) is 0.839. The van der Waals surface area contributed by atoms with Crippen molar-refractivity contribution in [2.45, 2.75) is 50.8 Å². The van der Waals surface area contributed by atoms with E-state index in [9.17, 15) is 8.42 Å². The molecule has 0 bridgehead atoms. The van der Waals surface area contributed by atoms with Crippen molar-refractivity contribution in [1.82, 2.24) is 4.90 Å². The summed E-state index contributed by atoms with van der Waals surface area (Å²) < 4.78 is 24.0. The minimum absolute atomic E-state index is 0.140. The Labute approximate surface area is 112 Å². The topological polar surface area (TPSA) is 63.4 Å². The van der Waals surface area contributed by atoms with Gasteiger partial charge in [0.2, 0.25) is 0 Å². The lowest BCUT2D eigenvalue weighted by Crippen LogP contribution is -2.60. The monoisotopic (exact) mass is 276 g/mol. The van der Waals surface area contributed by atoms with E-state index < -0.39 is 9.84 Å². The second-order valence-electron chi connectivity index (χ2n) is 6.93. The maximum atomic E-state index is 12.0. The average molecular weight is 276 g/mol. The van der Waals surface area contributed by atoms with Crippen LogP contribution in [0.2, 0.25) is 0 Å². The zero-order valence-corrected chi connectivity index (χ0v) is 13.2. The first-order valence-corrected chi connectivity index (χ1v) is 8.58. The van der Waals surface area contributed by atoms with E-state index in [1.54, 1.807) is 0 Å². The molecule has 2 N–H and O–H groups in total. The maximum absolute atomic E-state index is 12.0. The number of sulfone groups is 1. The van der Waals surface area contributed by atoms with Crippen LogP contribution in [0, 0.1) is 5.41 Å². The molecule has 4 nitrogen and oxygen atoms in total. The molecular formula is C13H28N2O2S. The van der Waals surface area contributed by atoms with Gasteiger partial charge in [-0.3, -0.25) is 4.90 Å². The van der Waals surface area contributed by atoms with Crippen molar-refractivity contribution >= 4 is 9.84 Å². The van der Waals surface area contributed by atoms with Gasteiger partial charge in [-0.15, -0.1) is 0 Å². The molecule has 0 aromatic rings. The normalized spacial score (nSPS) is 30.1. The Bertz CT molecular complexity index is 386. The zero-order chi connectivity index (χ0) is 14.2. The van der Waals surface area contributed by atoms with Gasteiger partial charge in [-0.2, -0.15) is 0 Å². The predicted molar refractivity (Wildman–Crippen MR) is 76.4 cm³/mol. The first-order valence-electron chi connectivity index (χ1n) is 6.63. The van der Waals surface area contributed by atoms with Crippen LogP contribution < -0.4 is 5.73 Å². The summed E-state index contributed by atoms with van der Waals surface area (Å²) in [5, 5.41) is -0.317. The van der Waals surface area contributed by atoms with E-state index in [1.165, 1.54) is 6.26 Å². The molecule has 2 atom stereocenters. The van der Waals surface area contributed by atoms with E-state index in [4.69, 9.17) is 5.73 Å². The fourth-order valence-corrected chi connectivity index (χ4v) is 5.12. The van der Waals surface area contributed by atoms with Crippen LogP contribution in [-0.2, 0) is 9.84 Å². The second kappa shape index (κ2) is 5.10. The average Bonchev–Trinajstić information content (AvgIpc) is 2.58. The van der Waals surface area contributed by atoms with E-state index in [0.717, 1.165) is 25.8 Å². The van der Waals surface area contributed by atoms with Crippen molar-refractivity contribution in [3.8, 4) is 0 Å². The van der Waals surface area contributed by atoms with Crippen LogP contribution in [0.5, 0.6) is 0 Å². The van der Waals surface area contributed by atoms with Gasteiger partial charge >= 0.3 is 0 Å². The van der Waals surface area contributed by atoms with Gasteiger partial charge in [-0.05, 0) is 25.3 Å². The molecule has 1 aliphatic rings. The van der Waals surface area contributed by atoms with Crippen LogP contribution in [0.4, 0.5) is 0 Å². The Morgan fingerprint density at radius 2 is 1.94 bits per heavy atom. The molecule has 0 spiro atoms. The molecule has 0 saturated heterocycles. The molecule has 1 aliphatic carbocycles. The van der Waals surface area contributed by atoms with Crippen molar-refractivity contribution in [3.05, 3.63) is 0 Å². The van der Waals surface area contributed by atoms with Gasteiger partial charge in [0.05, 0.1) is 5.25 Å². The Balaban J connectivity index is 3.04. The van der Waals surface area contributed by atoms with E-state index in [-0.39, 0.29) is 16.2 Å². The highest BCUT2D eigenvalue weighted by atomic mass is 32.2. The summed E-state index contributed by atoms with van der Waals surface area (Å²) >= 11 is 0. The lowest BCUT2D eigenvalue weighted by molar-refractivity contribution is 0.0931. The SMILES string of the molecule is CN(CC(C)(C)C)C1(CN)CCCC1S(C)(=O)=O. The van der Waals surface area contributed by atoms with Gasteiger partial charge in [0.15, 0.2) is 9.84 Å². The number of hydrogen-bond acceptors (Lipinski definition) is 4. The zero-order valence-electron chi connectivity index (χ0n) is 12.4. The van der Waals surface area contributed by atoms with E-state index in [0.29, 0.717) is 6.54 Å². The van der Waals surface area contributed by atoms with Crippen LogP contribution in [0.25, 0.3) is 0 Å². The maximum Gasteiger partial charge on any atom is 0.152 e. The molecule has 5 heteroatoms. The molecule has 0 aliphatic heterocycles. The Morgan fingerprint density at radius 1 is 1.39 bits per heavy atom. The molecule has 1 rings (SSSR count). The molecular weight excluding hydrogens is 248 g/mol. The summed E-state index contributed by atoms with van der Waals surface area (Å²) in [5.41, 5.74) is 5.74. The molecule has 2 unspecified atom stereocenters. The third-order valence-corrected chi connectivity index (χ3v) is 5.73. The molecule has 18 heavy (non-hydrogen) atoms. The van der Waals surface area contributed by atoms with E-state index in [1.807, 2.05) is 7.05 Å². The predicted octanol–water partition coefficient (Wildman–Crippen LogP) is 1.26. The summed E-state index contributed by atoms with van der Waals surface area (Å²) in [4.78, 5) is 2.19. The van der Waals surface area contributed by atoms with E-state index >= 15 is 0 Å². The van der Waals surface area contributed by atoms with Crippen molar-refractivity contribution in [2.75, 3.05) is 26.4 Å². The Hall–Kier alpha value is -0.130. The second-order valence-corrected chi connectivity index (χ2v) is 9.16. The van der Waals surface area contributed by atoms with Gasteiger partial charge in [-0.25, -0.2) is 8.42 Å². The minimum Gasteiger partial charge on any atom is -0.329 e. The van der Waals surface area contributed by atoms with Crippen LogP contribution >= 0.6 is 0 Å². The summed E-state index contributed by atoms with van der Waals surface area (Å²) in [5.74, 6) is 0. The molecule has 0 amide bonds. The Morgan fingerprint density at radius 3 is 2.33 bits per heavy atom. The van der Waals surface area contributed by atoms with Crippen LogP contribution in [0.3, 0.4) is 0 Å². The first-order chi connectivity index (χ1) is 8.03. The van der Waals surface area contributed by atoms with Gasteiger partial charge in [-0.1, -0.05) is 27.2 Å². The molecule has 0 aromatic heterocycles. The van der Waals surface area contributed by atoms with Gasteiger partial charge in [0, 0.05) is 24.9 Å². The van der Waals surface area contributed by atoms with Crippen LogP contribution in [0.1, 0.15) is 40.0 Å². The lowest BCUT2D eigenvalue weighted by atomic mass is 9.89. The number of hydrogen-bond donors (Lipinski definition) is 1. The first kappa shape index (κ1) is 15.9.